The molecule has 1 aromatic rings. The topological polar surface area (TPSA) is 41.5 Å². The van der Waals surface area contributed by atoms with Crippen LogP contribution in [0.3, 0.4) is 0 Å². The van der Waals surface area contributed by atoms with Crippen molar-refractivity contribution in [1.82, 2.24) is 5.32 Å². The molecule has 0 amide bonds. The fourth-order valence-electron chi connectivity index (χ4n) is 1.53. The van der Waals surface area contributed by atoms with Gasteiger partial charge in [0.15, 0.2) is 0 Å². The molecule has 0 atom stereocenters. The van der Waals surface area contributed by atoms with E-state index in [1.165, 1.54) is 12.1 Å². The zero-order chi connectivity index (χ0) is 12.9. The van der Waals surface area contributed by atoms with Crippen molar-refractivity contribution in [2.75, 3.05) is 20.3 Å². The zero-order valence-corrected chi connectivity index (χ0v) is 10.6. The van der Waals surface area contributed by atoms with Gasteiger partial charge in [-0.1, -0.05) is 0 Å². The van der Waals surface area contributed by atoms with Gasteiger partial charge in [-0.15, -0.1) is 0 Å². The molecule has 3 nitrogen and oxygen atoms in total. The standard InChI is InChI=1S/C13H20FNO2/c1-13(2,9-16)15-7-6-10-8-11(14)4-5-12(10)17-3/h4-5,8,15-16H,6-7,9H2,1-3H3. The van der Waals surface area contributed by atoms with Crippen molar-refractivity contribution >= 4 is 0 Å². The minimum atomic E-state index is -0.319. The Labute approximate surface area is 102 Å². The summed E-state index contributed by atoms with van der Waals surface area (Å²) < 4.78 is 18.3. The molecule has 0 saturated heterocycles. The van der Waals surface area contributed by atoms with Gasteiger partial charge in [-0.3, -0.25) is 0 Å². The predicted molar refractivity (Wildman–Crippen MR) is 65.8 cm³/mol. The lowest BCUT2D eigenvalue weighted by molar-refractivity contribution is 0.189. The van der Waals surface area contributed by atoms with Crippen LogP contribution in [0.2, 0.25) is 0 Å². The minimum Gasteiger partial charge on any atom is -0.496 e. The molecule has 0 aliphatic carbocycles. The third-order valence-corrected chi connectivity index (χ3v) is 2.64. The van der Waals surface area contributed by atoms with Gasteiger partial charge in [0, 0.05) is 5.54 Å². The van der Waals surface area contributed by atoms with Crippen molar-refractivity contribution in [3.05, 3.63) is 29.6 Å². The molecule has 96 valence electrons. The van der Waals surface area contributed by atoms with Crippen LogP contribution in [0.5, 0.6) is 5.75 Å². The number of methoxy groups -OCH3 is 1. The van der Waals surface area contributed by atoms with Gasteiger partial charge in [0.05, 0.1) is 13.7 Å². The number of nitrogens with one attached hydrogen (secondary N) is 1. The van der Waals surface area contributed by atoms with Crippen LogP contribution in [0.4, 0.5) is 4.39 Å². The van der Waals surface area contributed by atoms with Gasteiger partial charge in [-0.05, 0) is 50.6 Å². The molecule has 4 heteroatoms. The van der Waals surface area contributed by atoms with Crippen LogP contribution in [-0.4, -0.2) is 30.9 Å². The second-order valence-corrected chi connectivity index (χ2v) is 4.67. The number of ether oxygens (including phenoxy) is 1. The maximum absolute atomic E-state index is 13.1. The first-order valence-electron chi connectivity index (χ1n) is 5.67. The fourth-order valence-corrected chi connectivity index (χ4v) is 1.53. The number of halogens is 1. The van der Waals surface area contributed by atoms with E-state index in [1.54, 1.807) is 13.2 Å². The van der Waals surface area contributed by atoms with Crippen LogP contribution < -0.4 is 10.1 Å². The Hall–Kier alpha value is -1.13. The molecule has 0 fully saturated rings. The normalized spacial score (nSPS) is 11.6. The molecule has 0 heterocycles. The summed E-state index contributed by atoms with van der Waals surface area (Å²) >= 11 is 0. The van der Waals surface area contributed by atoms with Crippen molar-refractivity contribution in [3.63, 3.8) is 0 Å². The number of rotatable bonds is 6. The maximum Gasteiger partial charge on any atom is 0.123 e. The van der Waals surface area contributed by atoms with Gasteiger partial charge < -0.3 is 15.2 Å². The summed E-state index contributed by atoms with van der Waals surface area (Å²) in [7, 11) is 1.57. The Balaban J connectivity index is 2.59. The first kappa shape index (κ1) is 13.9. The van der Waals surface area contributed by atoms with E-state index in [4.69, 9.17) is 9.84 Å². The van der Waals surface area contributed by atoms with Gasteiger partial charge in [0.1, 0.15) is 11.6 Å². The summed E-state index contributed by atoms with van der Waals surface area (Å²) in [6.45, 7) is 4.55. The lowest BCUT2D eigenvalue weighted by Gasteiger charge is -2.23. The molecule has 0 spiro atoms. The Morgan fingerprint density at radius 2 is 2.12 bits per heavy atom. The third-order valence-electron chi connectivity index (χ3n) is 2.64. The van der Waals surface area contributed by atoms with E-state index < -0.39 is 0 Å². The minimum absolute atomic E-state index is 0.0628. The molecule has 2 N–H and O–H groups in total. The molecule has 0 unspecified atom stereocenters. The summed E-state index contributed by atoms with van der Waals surface area (Å²) in [5.41, 5.74) is 0.509. The highest BCUT2D eigenvalue weighted by Gasteiger charge is 2.15. The summed E-state index contributed by atoms with van der Waals surface area (Å²) in [5.74, 6) is 0.428. The Kier molecular flexibility index (Phi) is 4.90. The maximum atomic E-state index is 13.1. The molecule has 1 aromatic carbocycles. The first-order chi connectivity index (χ1) is 7.98. The van der Waals surface area contributed by atoms with Crippen LogP contribution in [0.25, 0.3) is 0 Å². The largest absolute Gasteiger partial charge is 0.496 e. The van der Waals surface area contributed by atoms with Gasteiger partial charge in [0.2, 0.25) is 0 Å². The molecular weight excluding hydrogens is 221 g/mol. The van der Waals surface area contributed by atoms with Crippen LogP contribution in [0.15, 0.2) is 18.2 Å². The summed E-state index contributed by atoms with van der Waals surface area (Å²) in [4.78, 5) is 0. The van der Waals surface area contributed by atoms with Gasteiger partial charge in [-0.25, -0.2) is 4.39 Å². The van der Waals surface area contributed by atoms with Crippen molar-refractivity contribution in [1.29, 1.82) is 0 Å². The van der Waals surface area contributed by atoms with E-state index in [0.717, 1.165) is 5.56 Å². The van der Waals surface area contributed by atoms with Crippen LogP contribution in [0.1, 0.15) is 19.4 Å². The summed E-state index contributed by atoms with van der Waals surface area (Å²) in [6.07, 6.45) is 0.657. The predicted octanol–water partition coefficient (Wildman–Crippen LogP) is 1.74. The second kappa shape index (κ2) is 5.98. The number of hydrogen-bond donors (Lipinski definition) is 2. The lowest BCUT2D eigenvalue weighted by Crippen LogP contribution is -2.43. The van der Waals surface area contributed by atoms with E-state index in [2.05, 4.69) is 5.32 Å². The molecule has 0 aromatic heterocycles. The first-order valence-corrected chi connectivity index (χ1v) is 5.67. The second-order valence-electron chi connectivity index (χ2n) is 4.67. The van der Waals surface area contributed by atoms with Crippen molar-refractivity contribution in [3.8, 4) is 5.75 Å². The van der Waals surface area contributed by atoms with E-state index in [0.29, 0.717) is 18.7 Å². The van der Waals surface area contributed by atoms with Crippen molar-refractivity contribution in [2.24, 2.45) is 0 Å². The van der Waals surface area contributed by atoms with Gasteiger partial charge in [-0.2, -0.15) is 0 Å². The van der Waals surface area contributed by atoms with Crippen molar-refractivity contribution < 1.29 is 14.2 Å². The van der Waals surface area contributed by atoms with E-state index >= 15 is 0 Å². The number of hydrogen-bond acceptors (Lipinski definition) is 3. The van der Waals surface area contributed by atoms with Crippen LogP contribution in [0, 0.1) is 5.82 Å². The highest BCUT2D eigenvalue weighted by molar-refractivity contribution is 5.34. The van der Waals surface area contributed by atoms with E-state index in [9.17, 15) is 4.39 Å². The average Bonchev–Trinajstić information content (AvgIpc) is 2.29. The van der Waals surface area contributed by atoms with E-state index in [-0.39, 0.29) is 18.0 Å². The SMILES string of the molecule is COc1ccc(F)cc1CCNC(C)(C)CO. The number of aliphatic hydroxyl groups excluding tert-OH is 1. The monoisotopic (exact) mass is 241 g/mol. The van der Waals surface area contributed by atoms with Crippen LogP contribution >= 0.6 is 0 Å². The highest BCUT2D eigenvalue weighted by atomic mass is 19.1. The summed E-state index contributed by atoms with van der Waals surface area (Å²) in [6, 6.07) is 4.49. The molecule has 0 saturated carbocycles. The number of benzene rings is 1. The third kappa shape index (κ3) is 4.32. The van der Waals surface area contributed by atoms with E-state index in [1.807, 2.05) is 13.8 Å². The van der Waals surface area contributed by atoms with Crippen LogP contribution in [-0.2, 0) is 6.42 Å². The molecule has 17 heavy (non-hydrogen) atoms. The Morgan fingerprint density at radius 1 is 1.41 bits per heavy atom. The molecule has 0 radical (unpaired) electrons. The number of aliphatic hydroxyl groups is 1. The molecule has 0 aliphatic rings. The molecular formula is C13H20FNO2. The molecule has 0 bridgehead atoms. The Bertz CT molecular complexity index is 366. The molecule has 1 rings (SSSR count). The lowest BCUT2D eigenvalue weighted by atomic mass is 10.1. The average molecular weight is 241 g/mol. The summed E-state index contributed by atoms with van der Waals surface area (Å²) in [5, 5.41) is 12.3. The van der Waals surface area contributed by atoms with Gasteiger partial charge in [0.25, 0.3) is 0 Å². The smallest absolute Gasteiger partial charge is 0.123 e. The fraction of sp³-hybridized carbons (Fsp3) is 0.538. The highest BCUT2D eigenvalue weighted by Crippen LogP contribution is 2.19. The van der Waals surface area contributed by atoms with Gasteiger partial charge >= 0.3 is 0 Å². The zero-order valence-electron chi connectivity index (χ0n) is 10.6. The van der Waals surface area contributed by atoms with Crippen molar-refractivity contribution in [2.45, 2.75) is 25.8 Å². The Morgan fingerprint density at radius 3 is 2.71 bits per heavy atom. The quantitative estimate of drug-likeness (QED) is 0.797. The molecule has 0 aliphatic heterocycles.